The molecule has 0 aliphatic rings. The molecule has 0 fully saturated rings. The van der Waals surface area contributed by atoms with Crippen LogP contribution in [0.5, 0.6) is 11.5 Å². The highest BCUT2D eigenvalue weighted by molar-refractivity contribution is 8.01. The molecular weight excluding hydrogens is 387 g/mol. The standard InChI is InChI=1S/C19H17FN2O3S2/c1-24-16-8-7-14(9-17(16)25-2)21-18(23)11-27-19-22-15(10-26-19)12-3-5-13(20)6-4-12/h3-10H,11H2,1-2H3,(H,21,23). The Morgan fingerprint density at radius 2 is 1.89 bits per heavy atom. The van der Waals surface area contributed by atoms with Gasteiger partial charge in [0.1, 0.15) is 5.82 Å². The third-order valence-corrected chi connectivity index (χ3v) is 5.64. The summed E-state index contributed by atoms with van der Waals surface area (Å²) in [6, 6.07) is 11.4. The van der Waals surface area contributed by atoms with Gasteiger partial charge in [0.05, 0.1) is 25.7 Å². The summed E-state index contributed by atoms with van der Waals surface area (Å²) in [5.74, 6) is 0.944. The van der Waals surface area contributed by atoms with E-state index in [1.807, 2.05) is 5.38 Å². The van der Waals surface area contributed by atoms with Gasteiger partial charge in [-0.1, -0.05) is 11.8 Å². The first-order valence-corrected chi connectivity index (χ1v) is 9.81. The van der Waals surface area contributed by atoms with Gasteiger partial charge in [-0.2, -0.15) is 0 Å². The molecule has 2 aromatic carbocycles. The predicted molar refractivity (Wildman–Crippen MR) is 106 cm³/mol. The number of hydrogen-bond acceptors (Lipinski definition) is 6. The van der Waals surface area contributed by atoms with Crippen LogP contribution in [0.1, 0.15) is 0 Å². The van der Waals surface area contributed by atoms with Crippen molar-refractivity contribution in [2.24, 2.45) is 0 Å². The molecule has 1 N–H and O–H groups in total. The van der Waals surface area contributed by atoms with Crippen LogP contribution in [0.4, 0.5) is 10.1 Å². The number of rotatable bonds is 7. The van der Waals surface area contributed by atoms with Gasteiger partial charge in [0.2, 0.25) is 5.91 Å². The average Bonchev–Trinajstić information content (AvgIpc) is 3.16. The third kappa shape index (κ3) is 4.99. The van der Waals surface area contributed by atoms with Crippen molar-refractivity contribution in [3.63, 3.8) is 0 Å². The predicted octanol–water partition coefficient (Wildman–Crippen LogP) is 4.70. The first kappa shape index (κ1) is 19.2. The summed E-state index contributed by atoms with van der Waals surface area (Å²) in [5.41, 5.74) is 2.24. The van der Waals surface area contributed by atoms with Crippen molar-refractivity contribution in [1.82, 2.24) is 4.98 Å². The fourth-order valence-electron chi connectivity index (χ4n) is 2.32. The lowest BCUT2D eigenvalue weighted by molar-refractivity contribution is -0.113. The number of nitrogens with one attached hydrogen (secondary N) is 1. The zero-order valence-corrected chi connectivity index (χ0v) is 16.3. The van der Waals surface area contributed by atoms with Crippen molar-refractivity contribution in [2.45, 2.75) is 4.34 Å². The summed E-state index contributed by atoms with van der Waals surface area (Å²) in [6.45, 7) is 0. The van der Waals surface area contributed by atoms with Crippen LogP contribution in [-0.2, 0) is 4.79 Å². The summed E-state index contributed by atoms with van der Waals surface area (Å²) in [4.78, 5) is 16.7. The number of nitrogens with zero attached hydrogens (tertiary/aromatic N) is 1. The van der Waals surface area contributed by atoms with Crippen molar-refractivity contribution in [3.05, 3.63) is 53.7 Å². The van der Waals surface area contributed by atoms with Gasteiger partial charge in [0.25, 0.3) is 0 Å². The number of benzene rings is 2. The summed E-state index contributed by atoms with van der Waals surface area (Å²) >= 11 is 2.80. The largest absolute Gasteiger partial charge is 0.493 e. The van der Waals surface area contributed by atoms with Crippen LogP contribution in [0.25, 0.3) is 11.3 Å². The number of amides is 1. The number of methoxy groups -OCH3 is 2. The van der Waals surface area contributed by atoms with Crippen LogP contribution in [0.15, 0.2) is 52.2 Å². The molecule has 3 rings (SSSR count). The number of carbonyl (C=O) groups is 1. The second-order valence-electron chi connectivity index (χ2n) is 5.41. The zero-order chi connectivity index (χ0) is 19.2. The summed E-state index contributed by atoms with van der Waals surface area (Å²) in [7, 11) is 3.10. The van der Waals surface area contributed by atoms with E-state index in [4.69, 9.17) is 9.47 Å². The minimum absolute atomic E-state index is 0.147. The van der Waals surface area contributed by atoms with E-state index in [0.29, 0.717) is 17.2 Å². The molecule has 8 heteroatoms. The van der Waals surface area contributed by atoms with Gasteiger partial charge in [0, 0.05) is 22.7 Å². The number of ether oxygens (including phenoxy) is 2. The third-order valence-electron chi connectivity index (χ3n) is 3.62. The molecule has 1 amide bonds. The van der Waals surface area contributed by atoms with Gasteiger partial charge in [-0.25, -0.2) is 9.37 Å². The van der Waals surface area contributed by atoms with E-state index in [-0.39, 0.29) is 17.5 Å². The Morgan fingerprint density at radius 1 is 1.15 bits per heavy atom. The number of hydrogen-bond donors (Lipinski definition) is 1. The van der Waals surface area contributed by atoms with Gasteiger partial charge in [0.15, 0.2) is 15.8 Å². The van der Waals surface area contributed by atoms with Crippen LogP contribution in [0.3, 0.4) is 0 Å². The van der Waals surface area contributed by atoms with Gasteiger partial charge in [-0.05, 0) is 36.4 Å². The van der Waals surface area contributed by atoms with Crippen LogP contribution >= 0.6 is 23.1 Å². The van der Waals surface area contributed by atoms with E-state index in [1.54, 1.807) is 44.6 Å². The van der Waals surface area contributed by atoms with Crippen LogP contribution in [0.2, 0.25) is 0 Å². The molecule has 27 heavy (non-hydrogen) atoms. The normalized spacial score (nSPS) is 10.5. The van der Waals surface area contributed by atoms with E-state index >= 15 is 0 Å². The van der Waals surface area contributed by atoms with Crippen molar-refractivity contribution in [3.8, 4) is 22.8 Å². The van der Waals surface area contributed by atoms with Crippen molar-refractivity contribution < 1.29 is 18.7 Å². The molecule has 0 aliphatic heterocycles. The van der Waals surface area contributed by atoms with E-state index in [0.717, 1.165) is 15.6 Å². The van der Waals surface area contributed by atoms with Crippen LogP contribution < -0.4 is 14.8 Å². The number of thiazole rings is 1. The minimum Gasteiger partial charge on any atom is -0.493 e. The Kier molecular flexibility index (Phi) is 6.31. The lowest BCUT2D eigenvalue weighted by Gasteiger charge is -2.10. The number of aromatic nitrogens is 1. The molecule has 1 heterocycles. The minimum atomic E-state index is -0.282. The fraction of sp³-hybridized carbons (Fsp3) is 0.158. The van der Waals surface area contributed by atoms with Gasteiger partial charge in [-0.3, -0.25) is 4.79 Å². The Hall–Kier alpha value is -2.58. The van der Waals surface area contributed by atoms with Crippen LogP contribution in [0, 0.1) is 5.82 Å². The molecule has 0 saturated heterocycles. The molecule has 0 saturated carbocycles. The molecule has 1 aromatic heterocycles. The van der Waals surface area contributed by atoms with Crippen molar-refractivity contribution >= 4 is 34.7 Å². The first-order chi connectivity index (χ1) is 13.1. The van der Waals surface area contributed by atoms with Gasteiger partial charge < -0.3 is 14.8 Å². The molecule has 140 valence electrons. The Morgan fingerprint density at radius 3 is 2.59 bits per heavy atom. The van der Waals surface area contributed by atoms with E-state index in [2.05, 4.69) is 10.3 Å². The molecule has 0 bridgehead atoms. The van der Waals surface area contributed by atoms with E-state index in [9.17, 15) is 9.18 Å². The van der Waals surface area contributed by atoms with E-state index < -0.39 is 0 Å². The molecule has 5 nitrogen and oxygen atoms in total. The fourth-order valence-corrected chi connectivity index (χ4v) is 3.95. The maximum Gasteiger partial charge on any atom is 0.234 e. The number of halogens is 1. The molecule has 0 atom stereocenters. The average molecular weight is 404 g/mol. The molecule has 0 aliphatic carbocycles. The monoisotopic (exact) mass is 404 g/mol. The molecular formula is C19H17FN2O3S2. The first-order valence-electron chi connectivity index (χ1n) is 7.95. The quantitative estimate of drug-likeness (QED) is 0.579. The molecule has 0 unspecified atom stereocenters. The highest BCUT2D eigenvalue weighted by Crippen LogP contribution is 2.31. The molecule has 0 spiro atoms. The van der Waals surface area contributed by atoms with Crippen molar-refractivity contribution in [2.75, 3.05) is 25.3 Å². The van der Waals surface area contributed by atoms with Crippen molar-refractivity contribution in [1.29, 1.82) is 0 Å². The van der Waals surface area contributed by atoms with Crippen LogP contribution in [-0.4, -0.2) is 30.9 Å². The Labute approximate surface area is 164 Å². The number of carbonyl (C=O) groups excluding carboxylic acids is 1. The Balaban J connectivity index is 1.57. The summed E-state index contributed by atoms with van der Waals surface area (Å²) in [6.07, 6.45) is 0. The summed E-state index contributed by atoms with van der Waals surface area (Å²) in [5, 5.41) is 4.71. The lowest BCUT2D eigenvalue weighted by atomic mass is 10.2. The molecule has 3 aromatic rings. The second-order valence-corrected chi connectivity index (χ2v) is 7.49. The summed E-state index contributed by atoms with van der Waals surface area (Å²) < 4.78 is 24.2. The SMILES string of the molecule is COc1ccc(NC(=O)CSc2nc(-c3ccc(F)cc3)cs2)cc1OC. The highest BCUT2D eigenvalue weighted by atomic mass is 32.2. The Bertz CT molecular complexity index is 929. The number of thioether (sulfide) groups is 1. The van der Waals surface area contributed by atoms with Gasteiger partial charge in [-0.15, -0.1) is 11.3 Å². The number of anilines is 1. The second kappa shape index (κ2) is 8.88. The zero-order valence-electron chi connectivity index (χ0n) is 14.7. The smallest absolute Gasteiger partial charge is 0.234 e. The highest BCUT2D eigenvalue weighted by Gasteiger charge is 2.10. The maximum absolute atomic E-state index is 13.0. The molecule has 0 radical (unpaired) electrons. The lowest BCUT2D eigenvalue weighted by Crippen LogP contribution is -2.14. The maximum atomic E-state index is 13.0. The van der Waals surface area contributed by atoms with Gasteiger partial charge >= 0.3 is 0 Å². The topological polar surface area (TPSA) is 60.5 Å². The van der Waals surface area contributed by atoms with E-state index in [1.165, 1.54) is 35.2 Å².